The minimum Gasteiger partial charge on any atom is -0.507 e. The standard InChI is InChI=1S/C39H36ClN7O4S/c40-30-11-13-31(14-12-30)50-24-28-8-4-5-9-32(28)38-43-36(51-45-38)23-46-16-18-47(19-17-46)34(39(49)44-41)22-29-21-27(10-15-35(29)48)33-25-52-37(42-33)20-26-6-2-1-3-7-26/h1-15,21-22,25,48H,16-20,23-24,41H2,(H,44,49). The highest BCUT2D eigenvalue weighted by Crippen LogP contribution is 2.30. The first kappa shape index (κ1) is 34.9. The van der Waals surface area contributed by atoms with Crippen LogP contribution in [0.3, 0.4) is 0 Å². The molecule has 4 N–H and O–H groups in total. The zero-order valence-electron chi connectivity index (χ0n) is 28.1. The molecule has 7 rings (SSSR count). The number of hydrogen-bond donors (Lipinski definition) is 3. The first-order valence-electron chi connectivity index (χ1n) is 16.7. The number of piperazine rings is 1. The minimum absolute atomic E-state index is 0.0507. The van der Waals surface area contributed by atoms with Crippen LogP contribution in [-0.4, -0.2) is 62.1 Å². The predicted octanol–water partition coefficient (Wildman–Crippen LogP) is 6.54. The van der Waals surface area contributed by atoms with Gasteiger partial charge < -0.3 is 19.3 Å². The maximum Gasteiger partial charge on any atom is 0.281 e. The molecular formula is C39H36ClN7O4S. The van der Waals surface area contributed by atoms with Crippen molar-refractivity contribution < 1.29 is 19.2 Å². The second-order valence-corrected chi connectivity index (χ2v) is 13.6. The summed E-state index contributed by atoms with van der Waals surface area (Å²) in [6.45, 7) is 3.13. The number of thiazole rings is 1. The number of halogens is 1. The summed E-state index contributed by atoms with van der Waals surface area (Å²) in [5, 5.41) is 18.7. The van der Waals surface area contributed by atoms with Gasteiger partial charge in [0.1, 0.15) is 23.8 Å². The molecule has 1 saturated heterocycles. The van der Waals surface area contributed by atoms with E-state index in [0.717, 1.165) is 33.8 Å². The SMILES string of the molecule is NNC(=O)C(=Cc1cc(-c2csc(Cc3ccccc3)n2)ccc1O)N1CCN(Cc2nc(-c3ccccc3COc3ccc(Cl)cc3)no2)CC1. The van der Waals surface area contributed by atoms with Gasteiger partial charge >= 0.3 is 0 Å². The van der Waals surface area contributed by atoms with Gasteiger partial charge in [-0.1, -0.05) is 71.4 Å². The molecule has 1 aliphatic rings. The zero-order chi connectivity index (χ0) is 35.9. The zero-order valence-corrected chi connectivity index (χ0v) is 29.7. The lowest BCUT2D eigenvalue weighted by Crippen LogP contribution is -2.48. The summed E-state index contributed by atoms with van der Waals surface area (Å²) in [6, 6.07) is 30.5. The molecule has 13 heteroatoms. The first-order chi connectivity index (χ1) is 25.4. The number of hydrazine groups is 1. The molecule has 11 nitrogen and oxygen atoms in total. The average Bonchev–Trinajstić information content (AvgIpc) is 3.85. The Bertz CT molecular complexity index is 2160. The quantitative estimate of drug-likeness (QED) is 0.0550. The number of rotatable bonds is 12. The molecule has 52 heavy (non-hydrogen) atoms. The number of carbonyl (C=O) groups excluding carboxylic acids is 1. The van der Waals surface area contributed by atoms with Crippen LogP contribution in [0.5, 0.6) is 11.5 Å². The third-order valence-electron chi connectivity index (χ3n) is 8.74. The fourth-order valence-electron chi connectivity index (χ4n) is 5.97. The summed E-state index contributed by atoms with van der Waals surface area (Å²) in [5.41, 5.74) is 7.71. The molecule has 1 aliphatic heterocycles. The first-order valence-corrected chi connectivity index (χ1v) is 18.0. The summed E-state index contributed by atoms with van der Waals surface area (Å²) >= 11 is 7.59. The summed E-state index contributed by atoms with van der Waals surface area (Å²) in [4.78, 5) is 26.7. The van der Waals surface area contributed by atoms with Crippen molar-refractivity contribution in [2.24, 2.45) is 5.84 Å². The van der Waals surface area contributed by atoms with Crippen LogP contribution in [0.4, 0.5) is 0 Å². The number of ether oxygens (including phenoxy) is 1. The monoisotopic (exact) mass is 733 g/mol. The Kier molecular flexibility index (Phi) is 10.9. The van der Waals surface area contributed by atoms with Gasteiger partial charge in [0.05, 0.1) is 17.2 Å². The van der Waals surface area contributed by atoms with E-state index in [1.807, 2.05) is 77.0 Å². The Hall–Kier alpha value is -5.53. The highest BCUT2D eigenvalue weighted by Gasteiger charge is 2.25. The summed E-state index contributed by atoms with van der Waals surface area (Å²) < 4.78 is 11.6. The molecule has 0 aliphatic carbocycles. The minimum atomic E-state index is -0.447. The second kappa shape index (κ2) is 16.2. The van der Waals surface area contributed by atoms with Gasteiger partial charge in [-0.05, 0) is 54.1 Å². The molecule has 0 saturated carbocycles. The number of nitrogens with two attached hydrogens (primary N) is 1. The Morgan fingerprint density at radius 1 is 0.981 bits per heavy atom. The molecule has 0 bridgehead atoms. The summed E-state index contributed by atoms with van der Waals surface area (Å²) in [6.07, 6.45) is 2.42. The fourth-order valence-corrected chi connectivity index (χ4v) is 6.93. The van der Waals surface area contributed by atoms with Crippen LogP contribution >= 0.6 is 22.9 Å². The van der Waals surface area contributed by atoms with Gasteiger partial charge in [0.15, 0.2) is 0 Å². The van der Waals surface area contributed by atoms with E-state index in [9.17, 15) is 9.90 Å². The van der Waals surface area contributed by atoms with Crippen molar-refractivity contribution in [3.05, 3.63) is 141 Å². The highest BCUT2D eigenvalue weighted by atomic mass is 35.5. The van der Waals surface area contributed by atoms with E-state index in [-0.39, 0.29) is 5.75 Å². The Balaban J connectivity index is 0.998. The van der Waals surface area contributed by atoms with Crippen LogP contribution in [0.1, 0.15) is 27.6 Å². The number of nitrogens with zero attached hydrogens (tertiary/aromatic N) is 5. The van der Waals surface area contributed by atoms with Crippen molar-refractivity contribution in [3.63, 3.8) is 0 Å². The molecule has 264 valence electrons. The van der Waals surface area contributed by atoms with E-state index in [1.165, 1.54) is 5.56 Å². The van der Waals surface area contributed by atoms with Crippen LogP contribution in [0.2, 0.25) is 5.02 Å². The lowest BCUT2D eigenvalue weighted by atomic mass is 10.1. The van der Waals surface area contributed by atoms with Gasteiger partial charge in [0.25, 0.3) is 5.91 Å². The third-order valence-corrected chi connectivity index (χ3v) is 9.84. The summed E-state index contributed by atoms with van der Waals surface area (Å²) in [5.74, 6) is 6.90. The van der Waals surface area contributed by atoms with Crippen molar-refractivity contribution in [1.82, 2.24) is 30.4 Å². The van der Waals surface area contributed by atoms with Crippen LogP contribution in [0.25, 0.3) is 28.7 Å². The Morgan fingerprint density at radius 2 is 1.75 bits per heavy atom. The Labute approximate surface area is 309 Å². The van der Waals surface area contributed by atoms with Crippen LogP contribution in [-0.2, 0) is 24.4 Å². The molecule has 1 fully saturated rings. The molecular weight excluding hydrogens is 698 g/mol. The molecule has 0 radical (unpaired) electrons. The van der Waals surface area contributed by atoms with E-state index in [0.29, 0.717) is 73.1 Å². The number of hydrogen-bond acceptors (Lipinski definition) is 11. The number of amides is 1. The lowest BCUT2D eigenvalue weighted by molar-refractivity contribution is -0.119. The van der Waals surface area contributed by atoms with Crippen molar-refractivity contribution in [2.75, 3.05) is 26.2 Å². The van der Waals surface area contributed by atoms with E-state index in [4.69, 9.17) is 31.7 Å². The molecule has 6 aromatic rings. The number of aromatic hydroxyl groups is 1. The van der Waals surface area contributed by atoms with Gasteiger partial charge in [-0.2, -0.15) is 4.98 Å². The molecule has 0 unspecified atom stereocenters. The normalized spacial score (nSPS) is 13.7. The highest BCUT2D eigenvalue weighted by molar-refractivity contribution is 7.10. The number of phenols is 1. The van der Waals surface area contributed by atoms with E-state index in [1.54, 1.807) is 35.6 Å². The lowest BCUT2D eigenvalue weighted by Gasteiger charge is -2.36. The number of phenolic OH excluding ortho intramolecular Hbond substituents is 1. The molecule has 0 atom stereocenters. The predicted molar refractivity (Wildman–Crippen MR) is 201 cm³/mol. The van der Waals surface area contributed by atoms with Gasteiger partial charge in [-0.15, -0.1) is 11.3 Å². The van der Waals surface area contributed by atoms with E-state index < -0.39 is 5.91 Å². The van der Waals surface area contributed by atoms with Crippen LogP contribution < -0.4 is 16.0 Å². The van der Waals surface area contributed by atoms with Crippen molar-refractivity contribution >= 4 is 34.9 Å². The van der Waals surface area contributed by atoms with Crippen molar-refractivity contribution in [1.29, 1.82) is 0 Å². The van der Waals surface area contributed by atoms with Gasteiger partial charge in [0, 0.05) is 65.3 Å². The fraction of sp³-hybridized carbons (Fsp3) is 0.179. The van der Waals surface area contributed by atoms with E-state index in [2.05, 4.69) is 32.6 Å². The number of aromatic nitrogens is 3. The smallest absolute Gasteiger partial charge is 0.281 e. The molecule has 2 aromatic heterocycles. The Morgan fingerprint density at radius 3 is 2.54 bits per heavy atom. The van der Waals surface area contributed by atoms with Gasteiger partial charge in [-0.3, -0.25) is 15.1 Å². The molecule has 1 amide bonds. The molecule has 4 aromatic carbocycles. The van der Waals surface area contributed by atoms with Crippen molar-refractivity contribution in [2.45, 2.75) is 19.6 Å². The van der Waals surface area contributed by atoms with Crippen LogP contribution in [0.15, 0.2) is 113 Å². The molecule has 3 heterocycles. The third kappa shape index (κ3) is 8.49. The number of benzene rings is 4. The topological polar surface area (TPSA) is 143 Å². The number of carbonyl (C=O) groups is 1. The number of nitrogens with one attached hydrogen (secondary N) is 1. The van der Waals surface area contributed by atoms with Crippen LogP contribution in [0, 0.1) is 0 Å². The van der Waals surface area contributed by atoms with Crippen molar-refractivity contribution in [3.8, 4) is 34.1 Å². The maximum absolute atomic E-state index is 13.0. The second-order valence-electron chi connectivity index (χ2n) is 12.2. The summed E-state index contributed by atoms with van der Waals surface area (Å²) in [7, 11) is 0. The van der Waals surface area contributed by atoms with Gasteiger partial charge in [-0.25, -0.2) is 10.8 Å². The van der Waals surface area contributed by atoms with Gasteiger partial charge in [0.2, 0.25) is 11.7 Å². The largest absolute Gasteiger partial charge is 0.507 e. The van der Waals surface area contributed by atoms with E-state index >= 15 is 0 Å². The molecule has 0 spiro atoms. The average molecular weight is 734 g/mol. The maximum atomic E-state index is 13.0.